The van der Waals surface area contributed by atoms with Gasteiger partial charge in [-0.05, 0) is 68.0 Å². The molecule has 0 N–H and O–H groups in total. The van der Waals surface area contributed by atoms with Crippen LogP contribution in [0.3, 0.4) is 0 Å². The van der Waals surface area contributed by atoms with Crippen LogP contribution in [0.4, 0.5) is 8.78 Å². The van der Waals surface area contributed by atoms with Crippen LogP contribution in [0, 0.1) is 11.6 Å². The van der Waals surface area contributed by atoms with E-state index in [-0.39, 0.29) is 11.6 Å². The normalized spacial score (nSPS) is 16.0. The molecule has 0 unspecified atom stereocenters. The van der Waals surface area contributed by atoms with Crippen LogP contribution in [0.2, 0.25) is 0 Å². The van der Waals surface area contributed by atoms with Crippen molar-refractivity contribution in [1.29, 1.82) is 0 Å². The van der Waals surface area contributed by atoms with Crippen LogP contribution >= 0.6 is 11.8 Å². The van der Waals surface area contributed by atoms with Crippen molar-refractivity contribution in [2.45, 2.75) is 43.5 Å². The number of likely N-dealkylation sites (tertiary alicyclic amines) is 1. The Kier molecular flexibility index (Phi) is 6.50. The first kappa shape index (κ1) is 20.4. The summed E-state index contributed by atoms with van der Waals surface area (Å²) in [6.07, 6.45) is 4.18. The van der Waals surface area contributed by atoms with E-state index in [1.807, 2.05) is 18.2 Å². The van der Waals surface area contributed by atoms with E-state index >= 15 is 0 Å². The van der Waals surface area contributed by atoms with Gasteiger partial charge in [-0.2, -0.15) is 0 Å². The molecule has 1 fully saturated rings. The third-order valence-electron chi connectivity index (χ3n) is 5.66. The van der Waals surface area contributed by atoms with Crippen molar-refractivity contribution in [3.63, 3.8) is 0 Å². The van der Waals surface area contributed by atoms with Gasteiger partial charge in [-0.15, -0.1) is 11.8 Å². The Morgan fingerprint density at radius 3 is 2.48 bits per heavy atom. The summed E-state index contributed by atoms with van der Waals surface area (Å²) < 4.78 is 28.9. The molecule has 4 rings (SSSR count). The number of nitrogens with zero attached hydrogens (tertiary/aromatic N) is 3. The van der Waals surface area contributed by atoms with E-state index in [9.17, 15) is 8.78 Å². The van der Waals surface area contributed by atoms with E-state index in [0.717, 1.165) is 72.8 Å². The fourth-order valence-corrected chi connectivity index (χ4v) is 5.03. The zero-order valence-electron chi connectivity index (χ0n) is 16.8. The number of benzene rings is 2. The standard InChI is InChI=1S/C23H27F2N3S/c1-2-23-26-21-16-18(25)6-9-22(21)28(23)19-10-13-27(14-11-19)12-3-15-29-20-7-4-17(24)5-8-20/h4-9,16,19H,2-3,10-15H2,1H3. The Morgan fingerprint density at radius 2 is 1.76 bits per heavy atom. The van der Waals surface area contributed by atoms with Gasteiger partial charge in [0.25, 0.3) is 0 Å². The van der Waals surface area contributed by atoms with E-state index in [1.165, 1.54) is 18.2 Å². The molecule has 0 aliphatic carbocycles. The van der Waals surface area contributed by atoms with E-state index in [4.69, 9.17) is 0 Å². The number of halogens is 2. The maximum Gasteiger partial charge on any atom is 0.125 e. The lowest BCUT2D eigenvalue weighted by Gasteiger charge is -2.33. The highest BCUT2D eigenvalue weighted by molar-refractivity contribution is 7.99. The van der Waals surface area contributed by atoms with Crippen LogP contribution in [0.25, 0.3) is 11.0 Å². The van der Waals surface area contributed by atoms with Gasteiger partial charge in [-0.1, -0.05) is 6.92 Å². The van der Waals surface area contributed by atoms with Gasteiger partial charge in [0.2, 0.25) is 0 Å². The van der Waals surface area contributed by atoms with Gasteiger partial charge in [0, 0.05) is 36.5 Å². The first-order chi connectivity index (χ1) is 14.1. The third-order valence-corrected chi connectivity index (χ3v) is 6.76. The Morgan fingerprint density at radius 1 is 1.03 bits per heavy atom. The van der Waals surface area contributed by atoms with Crippen molar-refractivity contribution in [1.82, 2.24) is 14.5 Å². The molecule has 29 heavy (non-hydrogen) atoms. The molecule has 2 aromatic carbocycles. The van der Waals surface area contributed by atoms with Gasteiger partial charge >= 0.3 is 0 Å². The fraction of sp³-hybridized carbons (Fsp3) is 0.435. The third kappa shape index (κ3) is 4.81. The van der Waals surface area contributed by atoms with Gasteiger partial charge in [-0.3, -0.25) is 0 Å². The molecule has 1 aliphatic heterocycles. The number of piperidine rings is 1. The molecule has 3 nitrogen and oxygen atoms in total. The molecule has 1 saturated heterocycles. The largest absolute Gasteiger partial charge is 0.325 e. The molecule has 0 atom stereocenters. The van der Waals surface area contributed by atoms with E-state index in [0.29, 0.717) is 6.04 Å². The molecule has 0 amide bonds. The quantitative estimate of drug-likeness (QED) is 0.365. The summed E-state index contributed by atoms with van der Waals surface area (Å²) in [6, 6.07) is 12.1. The zero-order valence-corrected chi connectivity index (χ0v) is 17.6. The van der Waals surface area contributed by atoms with Crippen molar-refractivity contribution < 1.29 is 8.78 Å². The second-order valence-electron chi connectivity index (χ2n) is 7.61. The summed E-state index contributed by atoms with van der Waals surface area (Å²) in [5, 5.41) is 0. The Balaban J connectivity index is 1.29. The van der Waals surface area contributed by atoms with Crippen LogP contribution in [0.5, 0.6) is 0 Å². The SMILES string of the molecule is CCc1nc2cc(F)ccc2n1C1CCN(CCCSc2ccc(F)cc2)CC1. The molecule has 2 heterocycles. The van der Waals surface area contributed by atoms with Crippen molar-refractivity contribution in [2.24, 2.45) is 0 Å². The van der Waals surface area contributed by atoms with Crippen molar-refractivity contribution in [3.8, 4) is 0 Å². The number of rotatable bonds is 7. The first-order valence-corrected chi connectivity index (χ1v) is 11.4. The highest BCUT2D eigenvalue weighted by atomic mass is 32.2. The second-order valence-corrected chi connectivity index (χ2v) is 8.78. The molecule has 3 aromatic rings. The minimum absolute atomic E-state index is 0.181. The first-order valence-electron chi connectivity index (χ1n) is 10.4. The monoisotopic (exact) mass is 415 g/mol. The predicted molar refractivity (Wildman–Crippen MR) is 116 cm³/mol. The highest BCUT2D eigenvalue weighted by Gasteiger charge is 2.24. The molecule has 0 bridgehead atoms. The number of aryl methyl sites for hydroxylation is 1. The lowest BCUT2D eigenvalue weighted by atomic mass is 10.0. The summed E-state index contributed by atoms with van der Waals surface area (Å²) in [7, 11) is 0. The average molecular weight is 416 g/mol. The molecule has 1 aliphatic rings. The average Bonchev–Trinajstić information content (AvgIpc) is 3.10. The summed E-state index contributed by atoms with van der Waals surface area (Å²) in [5.41, 5.74) is 1.82. The lowest BCUT2D eigenvalue weighted by molar-refractivity contribution is 0.187. The van der Waals surface area contributed by atoms with Crippen LogP contribution in [0.1, 0.15) is 38.1 Å². The number of fused-ring (bicyclic) bond motifs is 1. The van der Waals surface area contributed by atoms with Gasteiger partial charge in [0.1, 0.15) is 17.5 Å². The van der Waals surface area contributed by atoms with E-state index < -0.39 is 0 Å². The highest BCUT2D eigenvalue weighted by Crippen LogP contribution is 2.30. The fourth-order valence-electron chi connectivity index (χ4n) is 4.19. The second kappa shape index (κ2) is 9.26. The minimum Gasteiger partial charge on any atom is -0.325 e. The zero-order chi connectivity index (χ0) is 20.2. The summed E-state index contributed by atoms with van der Waals surface area (Å²) >= 11 is 1.79. The molecular weight excluding hydrogens is 388 g/mol. The van der Waals surface area contributed by atoms with Crippen LogP contribution in [0.15, 0.2) is 47.4 Å². The van der Waals surface area contributed by atoms with Crippen LogP contribution < -0.4 is 0 Å². The minimum atomic E-state index is -0.224. The summed E-state index contributed by atoms with van der Waals surface area (Å²) in [4.78, 5) is 8.32. The Labute approximate surface area is 175 Å². The number of thioether (sulfide) groups is 1. The van der Waals surface area contributed by atoms with Crippen molar-refractivity contribution >= 4 is 22.8 Å². The van der Waals surface area contributed by atoms with E-state index in [1.54, 1.807) is 17.8 Å². The van der Waals surface area contributed by atoms with Crippen molar-refractivity contribution in [3.05, 3.63) is 59.9 Å². The smallest absolute Gasteiger partial charge is 0.125 e. The molecule has 1 aromatic heterocycles. The predicted octanol–water partition coefficient (Wildman–Crippen LogP) is 5.70. The number of hydrogen-bond acceptors (Lipinski definition) is 3. The van der Waals surface area contributed by atoms with Gasteiger partial charge in [0.05, 0.1) is 11.0 Å². The number of hydrogen-bond donors (Lipinski definition) is 0. The molecule has 0 spiro atoms. The molecular formula is C23H27F2N3S. The van der Waals surface area contributed by atoms with Gasteiger partial charge in [-0.25, -0.2) is 13.8 Å². The number of aromatic nitrogens is 2. The van der Waals surface area contributed by atoms with Gasteiger partial charge < -0.3 is 9.47 Å². The van der Waals surface area contributed by atoms with E-state index in [2.05, 4.69) is 21.4 Å². The van der Waals surface area contributed by atoms with Gasteiger partial charge in [0.15, 0.2) is 0 Å². The topological polar surface area (TPSA) is 21.1 Å². The Hall–Kier alpha value is -1.92. The lowest BCUT2D eigenvalue weighted by Crippen LogP contribution is -2.35. The van der Waals surface area contributed by atoms with Crippen LogP contribution in [-0.2, 0) is 6.42 Å². The van der Waals surface area contributed by atoms with Crippen LogP contribution in [-0.4, -0.2) is 39.8 Å². The maximum absolute atomic E-state index is 13.6. The number of imidazole rings is 1. The molecule has 6 heteroatoms. The maximum atomic E-state index is 13.6. The molecule has 0 saturated carbocycles. The molecule has 154 valence electrons. The summed E-state index contributed by atoms with van der Waals surface area (Å²) in [6.45, 7) is 5.37. The molecule has 0 radical (unpaired) electrons. The Bertz CT molecular complexity index is 947. The summed E-state index contributed by atoms with van der Waals surface area (Å²) in [5.74, 6) is 1.70. The van der Waals surface area contributed by atoms with Crippen molar-refractivity contribution in [2.75, 3.05) is 25.4 Å².